The van der Waals surface area contributed by atoms with Crippen molar-refractivity contribution in [2.24, 2.45) is 5.41 Å². The average molecular weight is 533 g/mol. The number of fused-ring (bicyclic) bond motifs is 1. The van der Waals surface area contributed by atoms with Gasteiger partial charge in [0.15, 0.2) is 0 Å². The molecule has 1 aliphatic carbocycles. The number of unbranched alkanes of at least 4 members (excludes halogenated alkanes) is 1. The lowest BCUT2D eigenvalue weighted by Crippen LogP contribution is -2.36. The highest BCUT2D eigenvalue weighted by atomic mass is 32.2. The van der Waals surface area contributed by atoms with E-state index < -0.39 is 5.97 Å². The number of hydrogen-bond donors (Lipinski definition) is 3. The summed E-state index contributed by atoms with van der Waals surface area (Å²) in [6, 6.07) is 22.2. The van der Waals surface area contributed by atoms with Crippen molar-refractivity contribution in [2.45, 2.75) is 88.0 Å². The second kappa shape index (κ2) is 14.3. The normalized spacial score (nSPS) is 23.3. The SMILES string of the molecule is C1#CC(Cc2ccccc2)(Cc2ccccc2)CCCCC1.O=C(O)CCCC[C@@H]1SC[C@@H]2NC(=O)N[C@@H]21. The Labute approximate surface area is 231 Å². The van der Waals surface area contributed by atoms with E-state index >= 15 is 0 Å². The summed E-state index contributed by atoms with van der Waals surface area (Å²) in [5.74, 6) is 7.39. The molecule has 6 heteroatoms. The van der Waals surface area contributed by atoms with E-state index in [0.29, 0.717) is 5.25 Å². The van der Waals surface area contributed by atoms with Gasteiger partial charge in [-0.2, -0.15) is 11.8 Å². The Bertz CT molecular complexity index is 1050. The van der Waals surface area contributed by atoms with Crippen LogP contribution in [0.25, 0.3) is 0 Å². The first-order chi connectivity index (χ1) is 18.5. The maximum atomic E-state index is 11.1. The number of benzene rings is 2. The molecule has 3 aliphatic rings. The summed E-state index contributed by atoms with van der Waals surface area (Å²) < 4.78 is 0. The van der Waals surface area contributed by atoms with E-state index in [1.165, 1.54) is 36.8 Å². The maximum Gasteiger partial charge on any atom is 0.315 e. The number of carbonyl (C=O) groups excluding carboxylic acids is 1. The Balaban J connectivity index is 0.000000186. The first-order valence-corrected chi connectivity index (χ1v) is 15.1. The van der Waals surface area contributed by atoms with Crippen molar-refractivity contribution in [2.75, 3.05) is 5.75 Å². The van der Waals surface area contributed by atoms with E-state index in [1.54, 1.807) is 0 Å². The molecule has 202 valence electrons. The summed E-state index contributed by atoms with van der Waals surface area (Å²) in [5.41, 5.74) is 2.92. The van der Waals surface area contributed by atoms with Gasteiger partial charge < -0.3 is 15.7 Å². The van der Waals surface area contributed by atoms with E-state index in [2.05, 4.69) is 83.1 Å². The summed E-state index contributed by atoms with van der Waals surface area (Å²) in [6.07, 6.45) is 11.2. The number of thioether (sulfide) groups is 1. The Morgan fingerprint density at radius 3 is 2.29 bits per heavy atom. The number of hydrogen-bond acceptors (Lipinski definition) is 3. The van der Waals surface area contributed by atoms with Gasteiger partial charge in [-0.1, -0.05) is 85.8 Å². The number of urea groups is 1. The van der Waals surface area contributed by atoms with Crippen LogP contribution in [0.4, 0.5) is 4.79 Å². The third-order valence-electron chi connectivity index (χ3n) is 7.65. The third kappa shape index (κ3) is 8.56. The smallest absolute Gasteiger partial charge is 0.315 e. The fraction of sp³-hybridized carbons (Fsp3) is 0.500. The van der Waals surface area contributed by atoms with Crippen molar-refractivity contribution in [3.63, 3.8) is 0 Å². The van der Waals surface area contributed by atoms with Gasteiger partial charge in [0.05, 0.1) is 12.1 Å². The first-order valence-electron chi connectivity index (χ1n) is 14.0. The molecule has 0 radical (unpaired) electrons. The van der Waals surface area contributed by atoms with Gasteiger partial charge in [0, 0.05) is 29.3 Å². The molecule has 0 bridgehead atoms. The molecule has 3 N–H and O–H groups in total. The number of aliphatic carboxylic acids is 1. The highest BCUT2D eigenvalue weighted by Gasteiger charge is 2.42. The quantitative estimate of drug-likeness (QED) is 0.203. The van der Waals surface area contributed by atoms with Crippen molar-refractivity contribution in [1.29, 1.82) is 0 Å². The predicted molar refractivity (Wildman–Crippen MR) is 155 cm³/mol. The van der Waals surface area contributed by atoms with Gasteiger partial charge in [-0.05, 0) is 49.7 Å². The lowest BCUT2D eigenvalue weighted by molar-refractivity contribution is -0.137. The van der Waals surface area contributed by atoms with E-state index in [9.17, 15) is 9.59 Å². The molecule has 0 aromatic heterocycles. The molecule has 2 saturated heterocycles. The summed E-state index contributed by atoms with van der Waals surface area (Å²) in [6.45, 7) is 0. The molecule has 5 rings (SSSR count). The summed E-state index contributed by atoms with van der Waals surface area (Å²) in [4.78, 5) is 21.5. The number of rotatable bonds is 9. The fourth-order valence-electron chi connectivity index (χ4n) is 5.73. The largest absolute Gasteiger partial charge is 0.481 e. The van der Waals surface area contributed by atoms with Crippen LogP contribution < -0.4 is 10.6 Å². The van der Waals surface area contributed by atoms with Crippen LogP contribution in [0.2, 0.25) is 0 Å². The third-order valence-corrected chi connectivity index (χ3v) is 9.16. The second-order valence-corrected chi connectivity index (χ2v) is 12.0. The maximum absolute atomic E-state index is 11.1. The summed E-state index contributed by atoms with van der Waals surface area (Å²) >= 11 is 1.87. The molecule has 2 aliphatic heterocycles. The highest BCUT2D eigenvalue weighted by Crippen LogP contribution is 2.35. The van der Waals surface area contributed by atoms with Crippen molar-refractivity contribution in [3.05, 3.63) is 71.8 Å². The number of carboxylic acids is 1. The Hall–Kier alpha value is -2.91. The fourth-order valence-corrected chi connectivity index (χ4v) is 7.28. The minimum atomic E-state index is -0.729. The molecule has 2 heterocycles. The van der Waals surface area contributed by atoms with Crippen LogP contribution in [-0.4, -0.2) is 40.2 Å². The van der Waals surface area contributed by atoms with E-state index in [1.807, 2.05) is 11.8 Å². The average Bonchev–Trinajstić information content (AvgIpc) is 3.45. The lowest BCUT2D eigenvalue weighted by Gasteiger charge is -2.30. The van der Waals surface area contributed by atoms with Gasteiger partial charge in [-0.25, -0.2) is 4.79 Å². The summed E-state index contributed by atoms with van der Waals surface area (Å²) in [7, 11) is 0. The van der Waals surface area contributed by atoms with Crippen LogP contribution in [0, 0.1) is 17.3 Å². The van der Waals surface area contributed by atoms with Crippen LogP contribution in [0.15, 0.2) is 60.7 Å². The molecule has 3 atom stereocenters. The zero-order valence-electron chi connectivity index (χ0n) is 22.2. The van der Waals surface area contributed by atoms with Crippen LogP contribution in [0.3, 0.4) is 0 Å². The minimum Gasteiger partial charge on any atom is -0.481 e. The number of nitrogens with one attached hydrogen (secondary N) is 2. The lowest BCUT2D eigenvalue weighted by atomic mass is 9.72. The van der Waals surface area contributed by atoms with Crippen molar-refractivity contribution >= 4 is 23.8 Å². The van der Waals surface area contributed by atoms with Gasteiger partial charge >= 0.3 is 12.0 Å². The number of amides is 2. The molecule has 0 spiro atoms. The van der Waals surface area contributed by atoms with Gasteiger partial charge in [0.2, 0.25) is 0 Å². The first kappa shape index (κ1) is 28.1. The number of carboxylic acid groups (broad SMARTS) is 1. The van der Waals surface area contributed by atoms with E-state index in [4.69, 9.17) is 5.11 Å². The molecular formula is C32H40N2O3S. The molecule has 2 fully saturated rings. The Kier molecular flexibility index (Phi) is 10.6. The monoisotopic (exact) mass is 532 g/mol. The van der Waals surface area contributed by atoms with Crippen molar-refractivity contribution in [1.82, 2.24) is 10.6 Å². The molecular weight excluding hydrogens is 492 g/mol. The zero-order valence-corrected chi connectivity index (χ0v) is 23.0. The van der Waals surface area contributed by atoms with Gasteiger partial charge in [-0.3, -0.25) is 4.79 Å². The topological polar surface area (TPSA) is 78.4 Å². The molecule has 38 heavy (non-hydrogen) atoms. The van der Waals surface area contributed by atoms with Crippen molar-refractivity contribution < 1.29 is 14.7 Å². The highest BCUT2D eigenvalue weighted by molar-refractivity contribution is 8.00. The second-order valence-electron chi connectivity index (χ2n) is 10.7. The molecule has 5 nitrogen and oxygen atoms in total. The molecule has 2 amide bonds. The molecule has 0 unspecified atom stereocenters. The minimum absolute atomic E-state index is 0.0640. The Morgan fingerprint density at radius 1 is 0.947 bits per heavy atom. The van der Waals surface area contributed by atoms with Crippen LogP contribution >= 0.6 is 11.8 Å². The predicted octanol–water partition coefficient (Wildman–Crippen LogP) is 6.22. The molecule has 2 aromatic rings. The van der Waals surface area contributed by atoms with E-state index in [0.717, 1.165) is 44.3 Å². The van der Waals surface area contributed by atoms with Crippen LogP contribution in [0.5, 0.6) is 0 Å². The van der Waals surface area contributed by atoms with E-state index in [-0.39, 0.29) is 30.0 Å². The zero-order chi connectivity index (χ0) is 26.6. The Morgan fingerprint density at radius 2 is 1.63 bits per heavy atom. The van der Waals surface area contributed by atoms with Crippen LogP contribution in [-0.2, 0) is 17.6 Å². The summed E-state index contributed by atoms with van der Waals surface area (Å²) in [5, 5.41) is 14.8. The standard InChI is InChI=1S/C22H24.C10H16N2O3S/c1-2-10-16-22(17-11-3-1,18-20-12-6-4-7-13-20)19-21-14-8-5-9-15-21;13-8(14)4-2-1-3-7-9-6(5-16-7)11-10(15)12-9/h4-9,12-15H,1-3,10,16,18-19H2;6-7,9H,1-5H2,(H,13,14)(H2,11,12,15)/t;6-,7-,9-/m.0/s1. The molecule has 2 aromatic carbocycles. The van der Waals surface area contributed by atoms with Crippen LogP contribution in [0.1, 0.15) is 68.9 Å². The van der Waals surface area contributed by atoms with Gasteiger partial charge in [0.25, 0.3) is 0 Å². The number of carbonyl (C=O) groups is 2. The van der Waals surface area contributed by atoms with Crippen molar-refractivity contribution in [3.8, 4) is 11.8 Å². The molecule has 0 saturated carbocycles. The van der Waals surface area contributed by atoms with Gasteiger partial charge in [-0.15, -0.1) is 5.92 Å². The van der Waals surface area contributed by atoms with Gasteiger partial charge in [0.1, 0.15) is 0 Å².